The lowest BCUT2D eigenvalue weighted by molar-refractivity contribution is -0.132. The smallest absolute Gasteiger partial charge is 0.245 e. The van der Waals surface area contributed by atoms with Crippen molar-refractivity contribution >= 4 is 38.3 Å². The number of aryl methyl sites for hydroxylation is 1. The van der Waals surface area contributed by atoms with Crippen LogP contribution in [-0.2, 0) is 11.2 Å². The molecule has 1 atom stereocenters. The molecule has 2 aliphatic rings. The minimum atomic E-state index is -0.129. The first-order chi connectivity index (χ1) is 13.2. The van der Waals surface area contributed by atoms with Crippen LogP contribution in [0.15, 0.2) is 42.5 Å². The van der Waals surface area contributed by atoms with Crippen LogP contribution in [0.5, 0.6) is 0 Å². The number of thiazole rings is 1. The summed E-state index contributed by atoms with van der Waals surface area (Å²) >= 11 is 1.73. The Morgan fingerprint density at radius 2 is 1.96 bits per heavy atom. The van der Waals surface area contributed by atoms with Crippen LogP contribution in [0.4, 0.5) is 10.8 Å². The second kappa shape index (κ2) is 6.53. The zero-order valence-corrected chi connectivity index (χ0v) is 16.1. The fraction of sp³-hybridized carbons (Fsp3) is 0.333. The van der Waals surface area contributed by atoms with Crippen molar-refractivity contribution in [3.8, 4) is 0 Å². The van der Waals surface area contributed by atoms with E-state index >= 15 is 0 Å². The largest absolute Gasteiger partial charge is 0.373 e. The van der Waals surface area contributed by atoms with Crippen LogP contribution >= 0.6 is 11.3 Å². The topological polar surface area (TPSA) is 48.5 Å². The van der Waals surface area contributed by atoms with E-state index in [-0.39, 0.29) is 11.9 Å². The van der Waals surface area contributed by atoms with Crippen LogP contribution in [0, 0.1) is 6.92 Å². The monoisotopic (exact) mass is 378 g/mol. The van der Waals surface area contributed by atoms with Crippen molar-refractivity contribution in [1.29, 1.82) is 0 Å². The molecule has 0 saturated carbocycles. The van der Waals surface area contributed by atoms with E-state index < -0.39 is 0 Å². The third kappa shape index (κ3) is 3.04. The number of rotatable bonds is 2. The molecule has 0 aliphatic carbocycles. The average Bonchev–Trinajstić information content (AvgIpc) is 3.31. The summed E-state index contributed by atoms with van der Waals surface area (Å²) < 4.78 is 1.22. The standard InChI is InChI=1S/C21H22N4OS/c1-14-6-7-16-15(12-14)13-18(22-16)20(26)24-8-10-25(11-9-24)21-23-17-4-2-3-5-19(17)27-21/h2-7,12,18,22H,8-11,13H2,1H3/t18-/m1/s1. The maximum atomic E-state index is 13.0. The van der Waals surface area contributed by atoms with Gasteiger partial charge in [0.15, 0.2) is 5.13 Å². The number of amides is 1. The average molecular weight is 379 g/mol. The summed E-state index contributed by atoms with van der Waals surface area (Å²) in [6.45, 7) is 5.27. The van der Waals surface area contributed by atoms with E-state index in [1.54, 1.807) is 11.3 Å². The molecule has 2 aliphatic heterocycles. The maximum absolute atomic E-state index is 13.0. The van der Waals surface area contributed by atoms with Gasteiger partial charge in [0.05, 0.1) is 10.2 Å². The lowest BCUT2D eigenvalue weighted by Crippen LogP contribution is -2.52. The second-order valence-corrected chi connectivity index (χ2v) is 8.35. The lowest BCUT2D eigenvalue weighted by Gasteiger charge is -2.35. The molecule has 0 bridgehead atoms. The number of nitrogens with one attached hydrogen (secondary N) is 1. The number of carbonyl (C=O) groups excluding carboxylic acids is 1. The minimum absolute atomic E-state index is 0.129. The van der Waals surface area contributed by atoms with Gasteiger partial charge in [-0.1, -0.05) is 41.2 Å². The number of fused-ring (bicyclic) bond motifs is 2. The molecular formula is C21H22N4OS. The predicted octanol–water partition coefficient (Wildman–Crippen LogP) is 3.29. The van der Waals surface area contributed by atoms with Crippen molar-refractivity contribution in [1.82, 2.24) is 9.88 Å². The van der Waals surface area contributed by atoms with Crippen molar-refractivity contribution in [3.63, 3.8) is 0 Å². The van der Waals surface area contributed by atoms with Crippen LogP contribution in [0.1, 0.15) is 11.1 Å². The van der Waals surface area contributed by atoms with E-state index in [0.29, 0.717) is 0 Å². The summed E-state index contributed by atoms with van der Waals surface area (Å²) in [4.78, 5) is 22.0. The molecule has 1 fully saturated rings. The molecular weight excluding hydrogens is 356 g/mol. The van der Waals surface area contributed by atoms with Crippen molar-refractivity contribution in [2.24, 2.45) is 0 Å². The molecule has 3 heterocycles. The Hall–Kier alpha value is -2.60. The van der Waals surface area contributed by atoms with Crippen LogP contribution in [-0.4, -0.2) is 48.0 Å². The minimum Gasteiger partial charge on any atom is -0.373 e. The number of aromatic nitrogens is 1. The van der Waals surface area contributed by atoms with Gasteiger partial charge in [0.25, 0.3) is 0 Å². The summed E-state index contributed by atoms with van der Waals surface area (Å²) in [5, 5.41) is 4.46. The first kappa shape index (κ1) is 16.6. The molecule has 1 aromatic heterocycles. The van der Waals surface area contributed by atoms with Crippen molar-refractivity contribution in [3.05, 3.63) is 53.6 Å². The molecule has 1 N–H and O–H groups in total. The molecule has 6 heteroatoms. The Labute approximate surface area is 162 Å². The maximum Gasteiger partial charge on any atom is 0.245 e. The van der Waals surface area contributed by atoms with Gasteiger partial charge in [-0.2, -0.15) is 0 Å². The molecule has 5 rings (SSSR count). The van der Waals surface area contributed by atoms with Gasteiger partial charge < -0.3 is 15.1 Å². The van der Waals surface area contributed by atoms with Gasteiger partial charge in [-0.25, -0.2) is 4.98 Å². The van der Waals surface area contributed by atoms with Crippen LogP contribution in [0.3, 0.4) is 0 Å². The molecule has 2 aromatic carbocycles. The number of para-hydroxylation sites is 1. The van der Waals surface area contributed by atoms with Crippen molar-refractivity contribution < 1.29 is 4.79 Å². The quantitative estimate of drug-likeness (QED) is 0.743. The molecule has 0 unspecified atom stereocenters. The van der Waals surface area contributed by atoms with Gasteiger partial charge in [-0.15, -0.1) is 0 Å². The summed E-state index contributed by atoms with van der Waals surface area (Å²) in [5.41, 5.74) is 4.65. The van der Waals surface area contributed by atoms with Gasteiger partial charge in [0.1, 0.15) is 6.04 Å². The summed E-state index contributed by atoms with van der Waals surface area (Å²) in [7, 11) is 0. The molecule has 3 aromatic rings. The van der Waals surface area contributed by atoms with Crippen LogP contribution < -0.4 is 10.2 Å². The van der Waals surface area contributed by atoms with Gasteiger partial charge in [0, 0.05) is 38.3 Å². The lowest BCUT2D eigenvalue weighted by atomic mass is 10.1. The highest BCUT2D eigenvalue weighted by Gasteiger charge is 2.32. The number of nitrogens with zero attached hydrogens (tertiary/aromatic N) is 3. The molecule has 1 saturated heterocycles. The van der Waals surface area contributed by atoms with E-state index in [4.69, 9.17) is 4.98 Å². The van der Waals surface area contributed by atoms with E-state index in [2.05, 4.69) is 53.5 Å². The fourth-order valence-corrected chi connectivity index (χ4v) is 4.99. The molecule has 0 radical (unpaired) electrons. The molecule has 1 amide bonds. The highest BCUT2D eigenvalue weighted by molar-refractivity contribution is 7.22. The highest BCUT2D eigenvalue weighted by Crippen LogP contribution is 2.30. The van der Waals surface area contributed by atoms with E-state index in [0.717, 1.165) is 48.9 Å². The normalized spacial score (nSPS) is 19.2. The van der Waals surface area contributed by atoms with Gasteiger partial charge >= 0.3 is 0 Å². The Morgan fingerprint density at radius 1 is 1.15 bits per heavy atom. The Morgan fingerprint density at radius 3 is 2.78 bits per heavy atom. The third-order valence-corrected chi connectivity index (χ3v) is 6.55. The van der Waals surface area contributed by atoms with Crippen LogP contribution in [0.2, 0.25) is 0 Å². The fourth-order valence-electron chi connectivity index (χ4n) is 3.97. The summed E-state index contributed by atoms with van der Waals surface area (Å²) in [6.07, 6.45) is 0.786. The van der Waals surface area contributed by atoms with Gasteiger partial charge in [-0.3, -0.25) is 4.79 Å². The highest BCUT2D eigenvalue weighted by atomic mass is 32.1. The first-order valence-electron chi connectivity index (χ1n) is 9.43. The SMILES string of the molecule is Cc1ccc2c(c1)C[C@H](C(=O)N1CCN(c3nc4ccccc4s3)CC1)N2. The second-order valence-electron chi connectivity index (χ2n) is 7.34. The Balaban J connectivity index is 1.23. The van der Waals surface area contributed by atoms with E-state index in [1.165, 1.54) is 15.8 Å². The number of benzene rings is 2. The van der Waals surface area contributed by atoms with E-state index in [1.807, 2.05) is 11.0 Å². The number of hydrogen-bond acceptors (Lipinski definition) is 5. The molecule has 138 valence electrons. The zero-order valence-electron chi connectivity index (χ0n) is 15.3. The Bertz CT molecular complexity index is 973. The van der Waals surface area contributed by atoms with Crippen molar-refractivity contribution in [2.75, 3.05) is 36.4 Å². The number of anilines is 2. The predicted molar refractivity (Wildman–Crippen MR) is 111 cm³/mol. The molecule has 0 spiro atoms. The molecule has 5 nitrogen and oxygen atoms in total. The van der Waals surface area contributed by atoms with E-state index in [9.17, 15) is 4.79 Å². The number of piperazine rings is 1. The van der Waals surface area contributed by atoms with Gasteiger partial charge in [-0.05, 0) is 30.7 Å². The molecule has 27 heavy (non-hydrogen) atoms. The Kier molecular flexibility index (Phi) is 4.01. The van der Waals surface area contributed by atoms with Gasteiger partial charge in [0.2, 0.25) is 5.91 Å². The van der Waals surface area contributed by atoms with Crippen LogP contribution in [0.25, 0.3) is 10.2 Å². The first-order valence-corrected chi connectivity index (χ1v) is 10.2. The summed E-state index contributed by atoms with van der Waals surface area (Å²) in [6, 6.07) is 14.5. The number of hydrogen-bond donors (Lipinski definition) is 1. The zero-order chi connectivity index (χ0) is 18.4. The number of carbonyl (C=O) groups is 1. The third-order valence-electron chi connectivity index (χ3n) is 5.46. The van der Waals surface area contributed by atoms with Crippen molar-refractivity contribution in [2.45, 2.75) is 19.4 Å². The summed E-state index contributed by atoms with van der Waals surface area (Å²) in [5.74, 6) is 0.216.